The van der Waals surface area contributed by atoms with Crippen molar-refractivity contribution in [1.29, 1.82) is 0 Å². The van der Waals surface area contributed by atoms with Crippen molar-refractivity contribution in [2.75, 3.05) is 13.7 Å². The predicted molar refractivity (Wildman–Crippen MR) is 77.2 cm³/mol. The van der Waals surface area contributed by atoms with E-state index in [1.165, 1.54) is 24.7 Å². The summed E-state index contributed by atoms with van der Waals surface area (Å²) in [6.07, 6.45) is 2.29. The highest BCUT2D eigenvalue weighted by atomic mass is 32.1. The third-order valence-corrected chi connectivity index (χ3v) is 3.62. The first-order valence-electron chi connectivity index (χ1n) is 6.51. The van der Waals surface area contributed by atoms with Crippen molar-refractivity contribution in [2.24, 2.45) is 0 Å². The number of amides is 1. The Balaban J connectivity index is 2.11. The molecule has 2 aromatic rings. The molecule has 1 amide bonds. The monoisotopic (exact) mass is 308 g/mol. The summed E-state index contributed by atoms with van der Waals surface area (Å²) in [7, 11) is 1.31. The summed E-state index contributed by atoms with van der Waals surface area (Å²) in [5, 5.41) is 2.31. The lowest BCUT2D eigenvalue weighted by Gasteiger charge is -2.19. The van der Waals surface area contributed by atoms with Crippen LogP contribution >= 0.6 is 11.3 Å². The Morgan fingerprint density at radius 3 is 2.90 bits per heavy atom. The van der Waals surface area contributed by atoms with Crippen LogP contribution in [0.15, 0.2) is 28.2 Å². The molecule has 0 aliphatic carbocycles. The van der Waals surface area contributed by atoms with Crippen LogP contribution in [-0.4, -0.2) is 35.4 Å². The lowest BCUT2D eigenvalue weighted by atomic mass is 10.3. The summed E-state index contributed by atoms with van der Waals surface area (Å²) in [5.41, 5.74) is 0.263. The molecule has 0 spiro atoms. The third kappa shape index (κ3) is 3.69. The van der Waals surface area contributed by atoms with E-state index >= 15 is 0 Å². The lowest BCUT2D eigenvalue weighted by molar-refractivity contribution is 0.0594. The number of ether oxygens (including phenoxy) is 1. The zero-order valence-corrected chi connectivity index (χ0v) is 12.7. The van der Waals surface area contributed by atoms with Gasteiger partial charge in [-0.15, -0.1) is 11.3 Å². The zero-order chi connectivity index (χ0) is 15.2. The van der Waals surface area contributed by atoms with E-state index in [0.29, 0.717) is 23.9 Å². The van der Waals surface area contributed by atoms with E-state index < -0.39 is 5.97 Å². The van der Waals surface area contributed by atoms with Gasteiger partial charge in [0.25, 0.3) is 5.91 Å². The minimum atomic E-state index is -0.475. The highest BCUT2D eigenvalue weighted by molar-refractivity contribution is 7.09. The van der Waals surface area contributed by atoms with E-state index in [9.17, 15) is 9.59 Å². The molecule has 7 heteroatoms. The zero-order valence-electron chi connectivity index (χ0n) is 11.9. The van der Waals surface area contributed by atoms with Crippen molar-refractivity contribution >= 4 is 23.2 Å². The van der Waals surface area contributed by atoms with Crippen LogP contribution in [0.4, 0.5) is 0 Å². The van der Waals surface area contributed by atoms with Crippen molar-refractivity contribution in [1.82, 2.24) is 9.88 Å². The molecule has 2 rings (SSSR count). The topological polar surface area (TPSA) is 72.6 Å². The van der Waals surface area contributed by atoms with Crippen LogP contribution in [-0.2, 0) is 11.3 Å². The maximum Gasteiger partial charge on any atom is 0.357 e. The van der Waals surface area contributed by atoms with Crippen LogP contribution in [0.2, 0.25) is 0 Å². The fourth-order valence-corrected chi connectivity index (χ4v) is 2.60. The largest absolute Gasteiger partial charge is 0.464 e. The Morgan fingerprint density at radius 2 is 2.29 bits per heavy atom. The van der Waals surface area contributed by atoms with Crippen LogP contribution in [0.1, 0.15) is 39.4 Å². The first-order chi connectivity index (χ1) is 10.2. The van der Waals surface area contributed by atoms with Crippen LogP contribution < -0.4 is 0 Å². The van der Waals surface area contributed by atoms with Crippen molar-refractivity contribution in [3.05, 3.63) is 40.2 Å². The minimum Gasteiger partial charge on any atom is -0.464 e. The number of hydrogen-bond acceptors (Lipinski definition) is 6. The van der Waals surface area contributed by atoms with Crippen LogP contribution in [0, 0.1) is 0 Å². The summed E-state index contributed by atoms with van der Waals surface area (Å²) in [6.45, 7) is 2.92. The molecule has 0 aliphatic rings. The molecule has 0 saturated carbocycles. The molecule has 0 bridgehead atoms. The van der Waals surface area contributed by atoms with Crippen molar-refractivity contribution < 1.29 is 18.7 Å². The van der Waals surface area contributed by atoms with Gasteiger partial charge in [0, 0.05) is 11.9 Å². The number of hydrogen-bond donors (Lipinski definition) is 0. The number of thiazole rings is 1. The summed E-state index contributed by atoms with van der Waals surface area (Å²) in [6, 6.07) is 3.31. The summed E-state index contributed by atoms with van der Waals surface area (Å²) < 4.78 is 9.76. The second-order valence-electron chi connectivity index (χ2n) is 4.32. The highest BCUT2D eigenvalue weighted by Gasteiger charge is 2.20. The van der Waals surface area contributed by atoms with Gasteiger partial charge in [0.15, 0.2) is 11.5 Å². The summed E-state index contributed by atoms with van der Waals surface area (Å²) in [5.74, 6) is -0.359. The molecule has 21 heavy (non-hydrogen) atoms. The van der Waals surface area contributed by atoms with Gasteiger partial charge in [-0.2, -0.15) is 0 Å². The quantitative estimate of drug-likeness (QED) is 0.767. The van der Waals surface area contributed by atoms with Gasteiger partial charge in [-0.3, -0.25) is 4.79 Å². The average Bonchev–Trinajstić information content (AvgIpc) is 3.16. The van der Waals surface area contributed by atoms with Crippen molar-refractivity contribution in [3.8, 4) is 0 Å². The van der Waals surface area contributed by atoms with E-state index in [0.717, 1.165) is 6.42 Å². The normalized spacial score (nSPS) is 10.4. The van der Waals surface area contributed by atoms with Gasteiger partial charge in [-0.1, -0.05) is 6.92 Å². The van der Waals surface area contributed by atoms with Crippen LogP contribution in [0.25, 0.3) is 0 Å². The van der Waals surface area contributed by atoms with Gasteiger partial charge in [0.05, 0.1) is 19.9 Å². The highest BCUT2D eigenvalue weighted by Crippen LogP contribution is 2.15. The fourth-order valence-electron chi connectivity index (χ4n) is 1.82. The maximum atomic E-state index is 12.3. The van der Waals surface area contributed by atoms with Gasteiger partial charge >= 0.3 is 5.97 Å². The van der Waals surface area contributed by atoms with Gasteiger partial charge in [-0.25, -0.2) is 9.78 Å². The van der Waals surface area contributed by atoms with Gasteiger partial charge < -0.3 is 14.1 Å². The minimum absolute atomic E-state index is 0.184. The second-order valence-corrected chi connectivity index (χ2v) is 5.26. The first kappa shape index (κ1) is 15.2. The molecule has 2 aromatic heterocycles. The van der Waals surface area contributed by atoms with Crippen molar-refractivity contribution in [2.45, 2.75) is 19.9 Å². The maximum absolute atomic E-state index is 12.3. The Hall–Kier alpha value is -2.15. The molecule has 0 aliphatic heterocycles. The molecule has 0 N–H and O–H groups in total. The number of rotatable bonds is 6. The molecular weight excluding hydrogens is 292 g/mol. The molecule has 2 heterocycles. The Bertz CT molecular complexity index is 606. The first-order valence-corrected chi connectivity index (χ1v) is 7.39. The third-order valence-electron chi connectivity index (χ3n) is 2.79. The fraction of sp³-hybridized carbons (Fsp3) is 0.357. The number of aromatic nitrogens is 1. The van der Waals surface area contributed by atoms with E-state index in [1.807, 2.05) is 6.92 Å². The number of furan rings is 1. The lowest BCUT2D eigenvalue weighted by Crippen LogP contribution is -2.31. The van der Waals surface area contributed by atoms with Crippen molar-refractivity contribution in [3.63, 3.8) is 0 Å². The average molecular weight is 308 g/mol. The summed E-state index contributed by atoms with van der Waals surface area (Å²) in [4.78, 5) is 29.5. The predicted octanol–water partition coefficient (Wildman–Crippen LogP) is 2.58. The molecule has 0 unspecified atom stereocenters. The molecule has 0 saturated heterocycles. The van der Waals surface area contributed by atoms with Crippen LogP contribution in [0.3, 0.4) is 0 Å². The number of carbonyl (C=O) groups is 2. The van der Waals surface area contributed by atoms with E-state index in [2.05, 4.69) is 9.72 Å². The molecular formula is C14H16N2O4S. The molecule has 112 valence electrons. The Labute approximate surface area is 126 Å². The van der Waals surface area contributed by atoms with Gasteiger partial charge in [0.1, 0.15) is 5.01 Å². The van der Waals surface area contributed by atoms with E-state index in [1.54, 1.807) is 22.4 Å². The smallest absolute Gasteiger partial charge is 0.357 e. The second kappa shape index (κ2) is 7.03. The molecule has 0 fully saturated rings. The van der Waals surface area contributed by atoms with E-state index in [-0.39, 0.29) is 11.6 Å². The molecule has 6 nitrogen and oxygen atoms in total. The van der Waals surface area contributed by atoms with E-state index in [4.69, 9.17) is 4.42 Å². The molecule has 0 aromatic carbocycles. The number of methoxy groups -OCH3 is 1. The molecule has 0 radical (unpaired) electrons. The summed E-state index contributed by atoms with van der Waals surface area (Å²) >= 11 is 1.33. The van der Waals surface area contributed by atoms with Crippen LogP contribution in [0.5, 0.6) is 0 Å². The number of esters is 1. The molecule has 0 atom stereocenters. The number of nitrogens with zero attached hydrogens (tertiary/aromatic N) is 2. The standard InChI is InChI=1S/C14H16N2O4S/c1-3-6-16(13(17)11-5-4-7-20-11)8-12-15-10(9-21-12)14(18)19-2/h4-5,7,9H,3,6,8H2,1-2H3. The Morgan fingerprint density at radius 1 is 1.48 bits per heavy atom. The number of carbonyl (C=O) groups excluding carboxylic acids is 2. The van der Waals surface area contributed by atoms with Gasteiger partial charge in [0.2, 0.25) is 0 Å². The Kier molecular flexibility index (Phi) is 5.10. The van der Waals surface area contributed by atoms with Gasteiger partial charge in [-0.05, 0) is 18.6 Å². The SMILES string of the molecule is CCCN(Cc1nc(C(=O)OC)cs1)C(=O)c1ccco1.